The summed E-state index contributed by atoms with van der Waals surface area (Å²) >= 11 is 0. The molecule has 4 nitrogen and oxygen atoms in total. The van der Waals surface area contributed by atoms with Crippen molar-refractivity contribution >= 4 is 5.91 Å². The van der Waals surface area contributed by atoms with Crippen LogP contribution in [-0.2, 0) is 16.0 Å². The molecule has 1 aromatic carbocycles. The molecule has 1 aliphatic heterocycles. The van der Waals surface area contributed by atoms with Crippen molar-refractivity contribution in [3.05, 3.63) is 35.6 Å². The van der Waals surface area contributed by atoms with Gasteiger partial charge >= 0.3 is 0 Å². The zero-order valence-electron chi connectivity index (χ0n) is 11.8. The van der Waals surface area contributed by atoms with Crippen molar-refractivity contribution in [2.75, 3.05) is 26.8 Å². The van der Waals surface area contributed by atoms with E-state index in [9.17, 15) is 9.18 Å². The van der Waals surface area contributed by atoms with Gasteiger partial charge in [-0.3, -0.25) is 4.79 Å². The number of carbonyl (C=O) groups excluding carboxylic acids is 1. The number of nitrogens with zero attached hydrogens (tertiary/aromatic N) is 1. The van der Waals surface area contributed by atoms with Crippen molar-refractivity contribution in [2.24, 2.45) is 5.73 Å². The Morgan fingerprint density at radius 1 is 1.35 bits per heavy atom. The van der Waals surface area contributed by atoms with Crippen LogP contribution in [0.25, 0.3) is 0 Å². The van der Waals surface area contributed by atoms with Crippen LogP contribution in [0, 0.1) is 5.82 Å². The zero-order chi connectivity index (χ0) is 14.6. The highest BCUT2D eigenvalue weighted by Gasteiger charge is 2.37. The number of hydrogen-bond donors (Lipinski definition) is 1. The lowest BCUT2D eigenvalue weighted by atomic mass is 9.90. The van der Waals surface area contributed by atoms with E-state index in [1.807, 2.05) is 0 Å². The van der Waals surface area contributed by atoms with Crippen molar-refractivity contribution in [2.45, 2.75) is 24.8 Å². The maximum Gasteiger partial charge on any atom is 0.242 e. The Kier molecular flexibility index (Phi) is 4.73. The molecule has 0 aliphatic carbocycles. The molecule has 0 atom stereocenters. The minimum atomic E-state index is -0.796. The van der Waals surface area contributed by atoms with Gasteiger partial charge in [0.05, 0.1) is 5.54 Å². The fourth-order valence-corrected chi connectivity index (χ4v) is 2.38. The molecule has 0 saturated carbocycles. The lowest BCUT2D eigenvalue weighted by Gasteiger charge is -2.35. The fraction of sp³-hybridized carbons (Fsp3) is 0.533. The highest BCUT2D eigenvalue weighted by Crippen LogP contribution is 2.20. The Morgan fingerprint density at radius 2 is 1.95 bits per heavy atom. The van der Waals surface area contributed by atoms with E-state index in [0.29, 0.717) is 39.0 Å². The topological polar surface area (TPSA) is 55.6 Å². The first-order valence-corrected chi connectivity index (χ1v) is 6.88. The van der Waals surface area contributed by atoms with Gasteiger partial charge in [-0.2, -0.15) is 0 Å². The summed E-state index contributed by atoms with van der Waals surface area (Å²) in [7, 11) is 1.76. The van der Waals surface area contributed by atoms with Crippen LogP contribution in [0.3, 0.4) is 0 Å². The van der Waals surface area contributed by atoms with Crippen LogP contribution in [0.15, 0.2) is 24.3 Å². The number of rotatable bonds is 4. The van der Waals surface area contributed by atoms with Gasteiger partial charge in [-0.25, -0.2) is 4.39 Å². The van der Waals surface area contributed by atoms with E-state index >= 15 is 0 Å². The monoisotopic (exact) mass is 280 g/mol. The average Bonchev–Trinajstić information content (AvgIpc) is 2.46. The Balaban J connectivity index is 1.89. The standard InChI is InChI=1S/C15H21FN2O2/c1-18(9-6-12-2-4-13(16)5-3-12)14(19)15(17)7-10-20-11-8-15/h2-5H,6-11,17H2,1H3. The second kappa shape index (κ2) is 6.33. The summed E-state index contributed by atoms with van der Waals surface area (Å²) in [6.45, 7) is 1.65. The maximum atomic E-state index is 12.8. The molecule has 0 spiro atoms. The van der Waals surface area contributed by atoms with Gasteiger partial charge in [0.25, 0.3) is 0 Å². The van der Waals surface area contributed by atoms with E-state index in [-0.39, 0.29) is 11.7 Å². The van der Waals surface area contributed by atoms with Gasteiger partial charge < -0.3 is 15.4 Å². The van der Waals surface area contributed by atoms with Crippen LogP contribution in [0.1, 0.15) is 18.4 Å². The molecule has 0 aromatic heterocycles. The van der Waals surface area contributed by atoms with E-state index in [1.165, 1.54) is 12.1 Å². The molecule has 0 unspecified atom stereocenters. The third kappa shape index (κ3) is 3.55. The Hall–Kier alpha value is -1.46. The summed E-state index contributed by atoms with van der Waals surface area (Å²) in [6, 6.07) is 6.33. The number of likely N-dealkylation sites (N-methyl/N-ethyl adjacent to an activating group) is 1. The predicted octanol–water partition coefficient (Wildman–Crippen LogP) is 1.33. The zero-order valence-corrected chi connectivity index (χ0v) is 11.8. The molecule has 5 heteroatoms. The molecule has 2 rings (SSSR count). The highest BCUT2D eigenvalue weighted by atomic mass is 19.1. The van der Waals surface area contributed by atoms with Gasteiger partial charge in [-0.15, -0.1) is 0 Å². The van der Waals surface area contributed by atoms with Gasteiger partial charge in [0.1, 0.15) is 5.82 Å². The Bertz CT molecular complexity index is 455. The third-order valence-electron chi connectivity index (χ3n) is 3.81. The molecule has 1 saturated heterocycles. The maximum absolute atomic E-state index is 12.8. The first kappa shape index (κ1) is 14.9. The molecule has 110 valence electrons. The number of carbonyl (C=O) groups is 1. The van der Waals surface area contributed by atoms with Gasteiger partial charge in [0, 0.05) is 26.8 Å². The summed E-state index contributed by atoms with van der Waals surface area (Å²) in [4.78, 5) is 14.0. The summed E-state index contributed by atoms with van der Waals surface area (Å²) in [5.41, 5.74) is 6.38. The van der Waals surface area contributed by atoms with E-state index in [0.717, 1.165) is 5.56 Å². The van der Waals surface area contributed by atoms with E-state index < -0.39 is 5.54 Å². The Morgan fingerprint density at radius 3 is 2.55 bits per heavy atom. The van der Waals surface area contributed by atoms with E-state index in [4.69, 9.17) is 10.5 Å². The molecule has 0 bridgehead atoms. The first-order chi connectivity index (χ1) is 9.51. The molecular formula is C15H21FN2O2. The van der Waals surface area contributed by atoms with E-state index in [2.05, 4.69) is 0 Å². The lowest BCUT2D eigenvalue weighted by molar-refractivity contribution is -0.139. The van der Waals surface area contributed by atoms with Gasteiger partial charge in [0.2, 0.25) is 5.91 Å². The second-order valence-corrected chi connectivity index (χ2v) is 5.37. The number of ether oxygens (including phenoxy) is 1. The van der Waals surface area contributed by atoms with Gasteiger partial charge in [-0.05, 0) is 37.0 Å². The largest absolute Gasteiger partial charge is 0.381 e. The quantitative estimate of drug-likeness (QED) is 0.905. The number of hydrogen-bond acceptors (Lipinski definition) is 3. The first-order valence-electron chi connectivity index (χ1n) is 6.88. The lowest BCUT2D eigenvalue weighted by Crippen LogP contribution is -2.57. The molecular weight excluding hydrogens is 259 g/mol. The van der Waals surface area contributed by atoms with Gasteiger partial charge in [0.15, 0.2) is 0 Å². The number of halogens is 1. The minimum Gasteiger partial charge on any atom is -0.381 e. The molecule has 1 heterocycles. The van der Waals surface area contributed by atoms with Crippen molar-refractivity contribution in [3.8, 4) is 0 Å². The third-order valence-corrected chi connectivity index (χ3v) is 3.81. The Labute approximate surface area is 118 Å². The molecule has 20 heavy (non-hydrogen) atoms. The minimum absolute atomic E-state index is 0.0390. The number of nitrogens with two attached hydrogens (primary N) is 1. The number of benzene rings is 1. The van der Waals surface area contributed by atoms with Gasteiger partial charge in [-0.1, -0.05) is 12.1 Å². The van der Waals surface area contributed by atoms with E-state index in [1.54, 1.807) is 24.1 Å². The number of amides is 1. The molecule has 1 amide bonds. The molecule has 0 radical (unpaired) electrons. The summed E-state index contributed by atoms with van der Waals surface area (Å²) in [6.07, 6.45) is 1.81. The molecule has 1 aromatic rings. The van der Waals surface area contributed by atoms with Crippen LogP contribution in [-0.4, -0.2) is 43.2 Å². The van der Waals surface area contributed by atoms with Crippen LogP contribution in [0.5, 0.6) is 0 Å². The molecule has 2 N–H and O–H groups in total. The molecule has 1 aliphatic rings. The summed E-state index contributed by atoms with van der Waals surface area (Å²) < 4.78 is 18.1. The second-order valence-electron chi connectivity index (χ2n) is 5.37. The smallest absolute Gasteiger partial charge is 0.242 e. The van der Waals surface area contributed by atoms with Crippen LogP contribution in [0.2, 0.25) is 0 Å². The average molecular weight is 280 g/mol. The van der Waals surface area contributed by atoms with Crippen molar-refractivity contribution in [1.82, 2.24) is 4.90 Å². The normalized spacial score (nSPS) is 17.8. The van der Waals surface area contributed by atoms with Crippen molar-refractivity contribution in [3.63, 3.8) is 0 Å². The van der Waals surface area contributed by atoms with Crippen LogP contribution < -0.4 is 5.73 Å². The summed E-state index contributed by atoms with van der Waals surface area (Å²) in [5, 5.41) is 0. The van der Waals surface area contributed by atoms with Crippen LogP contribution >= 0.6 is 0 Å². The van der Waals surface area contributed by atoms with Crippen LogP contribution in [0.4, 0.5) is 4.39 Å². The van der Waals surface area contributed by atoms with Crippen molar-refractivity contribution in [1.29, 1.82) is 0 Å². The predicted molar refractivity (Wildman–Crippen MR) is 74.7 cm³/mol. The summed E-state index contributed by atoms with van der Waals surface area (Å²) in [5.74, 6) is -0.288. The SMILES string of the molecule is CN(CCc1ccc(F)cc1)C(=O)C1(N)CCOCC1. The fourth-order valence-electron chi connectivity index (χ4n) is 2.38. The molecule has 1 fully saturated rings. The van der Waals surface area contributed by atoms with Crippen molar-refractivity contribution < 1.29 is 13.9 Å². The highest BCUT2D eigenvalue weighted by molar-refractivity contribution is 5.86.